The number of hydrogen-bond donors (Lipinski definition) is 2. The number of carbonyl (C=O) groups excluding carboxylic acids is 2. The maximum Gasteiger partial charge on any atom is 0.257 e. The standard InChI is InChI=1S/C23H26BrF2N3O2/c1-14(2)21(28-22(30)20-18(25)7-4-8-19(20)26)23(31)27-12-15-9-10-29(13-15)17-6-3-5-16(24)11-17/h3-8,11,14-15,21H,9-10,12-13H2,1-2H3,(H,27,31)(H,28,30)/t15?,21-/m0/s1. The van der Waals surface area contributed by atoms with Gasteiger partial charge < -0.3 is 15.5 Å². The molecule has 31 heavy (non-hydrogen) atoms. The smallest absolute Gasteiger partial charge is 0.257 e. The van der Waals surface area contributed by atoms with Gasteiger partial charge in [-0.3, -0.25) is 9.59 Å². The van der Waals surface area contributed by atoms with Gasteiger partial charge in [0.25, 0.3) is 5.91 Å². The Morgan fingerprint density at radius 3 is 2.48 bits per heavy atom. The molecule has 0 aliphatic carbocycles. The minimum atomic E-state index is -0.959. The van der Waals surface area contributed by atoms with Crippen LogP contribution in [0.1, 0.15) is 30.6 Å². The number of nitrogens with one attached hydrogen (secondary N) is 2. The maximum absolute atomic E-state index is 13.9. The van der Waals surface area contributed by atoms with Crippen LogP contribution in [0.2, 0.25) is 0 Å². The Morgan fingerprint density at radius 2 is 1.84 bits per heavy atom. The fourth-order valence-corrected chi connectivity index (χ4v) is 4.11. The largest absolute Gasteiger partial charge is 0.371 e. The van der Waals surface area contributed by atoms with Crippen LogP contribution >= 0.6 is 15.9 Å². The van der Waals surface area contributed by atoms with E-state index in [1.54, 1.807) is 13.8 Å². The average Bonchev–Trinajstić information content (AvgIpc) is 3.19. The summed E-state index contributed by atoms with van der Waals surface area (Å²) in [6.45, 7) is 5.72. The van der Waals surface area contributed by atoms with Crippen molar-refractivity contribution in [2.45, 2.75) is 26.3 Å². The Bertz CT molecular complexity index is 934. The molecule has 2 N–H and O–H groups in total. The Kier molecular flexibility index (Phi) is 7.64. The van der Waals surface area contributed by atoms with Gasteiger partial charge in [-0.05, 0) is 48.6 Å². The molecule has 2 aromatic carbocycles. The molecule has 2 aromatic rings. The molecule has 2 atom stereocenters. The van der Waals surface area contributed by atoms with E-state index in [1.165, 1.54) is 6.07 Å². The van der Waals surface area contributed by atoms with Crippen LogP contribution in [0.25, 0.3) is 0 Å². The van der Waals surface area contributed by atoms with E-state index in [2.05, 4.69) is 43.6 Å². The third-order valence-electron chi connectivity index (χ3n) is 5.45. The highest BCUT2D eigenvalue weighted by molar-refractivity contribution is 9.10. The lowest BCUT2D eigenvalue weighted by atomic mass is 10.0. The molecular weight excluding hydrogens is 468 g/mol. The summed E-state index contributed by atoms with van der Waals surface area (Å²) in [7, 11) is 0. The highest BCUT2D eigenvalue weighted by Crippen LogP contribution is 2.26. The van der Waals surface area contributed by atoms with Crippen molar-refractivity contribution in [3.05, 3.63) is 64.1 Å². The lowest BCUT2D eigenvalue weighted by Crippen LogP contribution is -2.50. The van der Waals surface area contributed by atoms with E-state index in [-0.39, 0.29) is 17.7 Å². The molecule has 0 saturated carbocycles. The molecule has 1 aliphatic rings. The Labute approximate surface area is 189 Å². The molecule has 0 bridgehead atoms. The lowest BCUT2D eigenvalue weighted by molar-refractivity contribution is -0.124. The number of halogens is 3. The molecule has 8 heteroatoms. The second-order valence-corrected chi connectivity index (χ2v) is 9.03. The van der Waals surface area contributed by atoms with Crippen molar-refractivity contribution in [3.8, 4) is 0 Å². The summed E-state index contributed by atoms with van der Waals surface area (Å²) in [5, 5.41) is 5.38. The Balaban J connectivity index is 1.57. The normalized spacial score (nSPS) is 17.0. The minimum absolute atomic E-state index is 0.250. The van der Waals surface area contributed by atoms with Crippen molar-refractivity contribution in [3.63, 3.8) is 0 Å². The predicted octanol–water partition coefficient (Wildman–Crippen LogP) is 4.12. The molecule has 5 nitrogen and oxygen atoms in total. The molecule has 0 spiro atoms. The molecule has 1 unspecified atom stereocenters. The van der Waals surface area contributed by atoms with Gasteiger partial charge in [0.1, 0.15) is 23.2 Å². The third-order valence-corrected chi connectivity index (χ3v) is 5.94. The van der Waals surface area contributed by atoms with Gasteiger partial charge in [-0.1, -0.05) is 41.9 Å². The van der Waals surface area contributed by atoms with Crippen LogP contribution in [-0.2, 0) is 4.79 Å². The summed E-state index contributed by atoms with van der Waals surface area (Å²) < 4.78 is 28.8. The van der Waals surface area contributed by atoms with E-state index in [4.69, 9.17) is 0 Å². The minimum Gasteiger partial charge on any atom is -0.371 e. The van der Waals surface area contributed by atoms with E-state index >= 15 is 0 Å². The zero-order chi connectivity index (χ0) is 22.5. The molecule has 166 valence electrons. The molecule has 2 amide bonds. The summed E-state index contributed by atoms with van der Waals surface area (Å²) in [4.78, 5) is 27.4. The molecule has 0 aromatic heterocycles. The van der Waals surface area contributed by atoms with Gasteiger partial charge in [0.2, 0.25) is 5.91 Å². The van der Waals surface area contributed by atoms with Crippen molar-refractivity contribution in [2.24, 2.45) is 11.8 Å². The van der Waals surface area contributed by atoms with Gasteiger partial charge in [-0.25, -0.2) is 8.78 Å². The van der Waals surface area contributed by atoms with Crippen LogP contribution in [0.5, 0.6) is 0 Å². The number of rotatable bonds is 7. The Hall–Kier alpha value is -2.48. The SMILES string of the molecule is CC(C)[C@H](NC(=O)c1c(F)cccc1F)C(=O)NCC1CCN(c2cccc(Br)c2)C1. The quantitative estimate of drug-likeness (QED) is 0.609. The highest BCUT2D eigenvalue weighted by Gasteiger charge is 2.29. The first-order valence-corrected chi connectivity index (χ1v) is 11.1. The molecule has 1 saturated heterocycles. The highest BCUT2D eigenvalue weighted by atomic mass is 79.9. The van der Waals surface area contributed by atoms with E-state index in [1.807, 2.05) is 12.1 Å². The van der Waals surface area contributed by atoms with E-state index in [0.29, 0.717) is 6.54 Å². The molecular formula is C23H26BrF2N3O2. The van der Waals surface area contributed by atoms with Crippen molar-refractivity contribution in [1.82, 2.24) is 10.6 Å². The van der Waals surface area contributed by atoms with E-state index < -0.39 is 29.1 Å². The first-order valence-electron chi connectivity index (χ1n) is 10.3. The maximum atomic E-state index is 13.9. The van der Waals surface area contributed by atoms with Crippen LogP contribution in [0.15, 0.2) is 46.9 Å². The average molecular weight is 494 g/mol. The van der Waals surface area contributed by atoms with Crippen molar-refractivity contribution in [1.29, 1.82) is 0 Å². The van der Waals surface area contributed by atoms with E-state index in [0.717, 1.165) is 41.8 Å². The van der Waals surface area contributed by atoms with Gasteiger partial charge in [0.05, 0.1) is 0 Å². The number of benzene rings is 2. The summed E-state index contributed by atoms with van der Waals surface area (Å²) in [5.41, 5.74) is 0.448. The summed E-state index contributed by atoms with van der Waals surface area (Å²) in [6.07, 6.45) is 0.936. The second kappa shape index (κ2) is 10.2. The van der Waals surface area contributed by atoms with Crippen LogP contribution in [0.3, 0.4) is 0 Å². The molecule has 1 fully saturated rings. The zero-order valence-corrected chi connectivity index (χ0v) is 19.1. The summed E-state index contributed by atoms with van der Waals surface area (Å²) in [6, 6.07) is 10.4. The number of carbonyl (C=O) groups is 2. The van der Waals surface area contributed by atoms with Crippen LogP contribution < -0.4 is 15.5 Å². The zero-order valence-electron chi connectivity index (χ0n) is 17.5. The fraction of sp³-hybridized carbons (Fsp3) is 0.391. The van der Waals surface area contributed by atoms with Gasteiger partial charge >= 0.3 is 0 Å². The van der Waals surface area contributed by atoms with Crippen LogP contribution in [0, 0.1) is 23.5 Å². The lowest BCUT2D eigenvalue weighted by Gasteiger charge is -2.23. The number of nitrogens with zero attached hydrogens (tertiary/aromatic N) is 1. The van der Waals surface area contributed by atoms with Crippen LogP contribution in [0.4, 0.5) is 14.5 Å². The van der Waals surface area contributed by atoms with Gasteiger partial charge in [0.15, 0.2) is 0 Å². The van der Waals surface area contributed by atoms with Gasteiger partial charge in [0, 0.05) is 29.8 Å². The van der Waals surface area contributed by atoms with Gasteiger partial charge in [-0.2, -0.15) is 0 Å². The van der Waals surface area contributed by atoms with E-state index in [9.17, 15) is 18.4 Å². The number of amides is 2. The monoisotopic (exact) mass is 493 g/mol. The fourth-order valence-electron chi connectivity index (χ4n) is 3.72. The number of hydrogen-bond acceptors (Lipinski definition) is 3. The molecule has 1 heterocycles. The predicted molar refractivity (Wildman–Crippen MR) is 120 cm³/mol. The van der Waals surface area contributed by atoms with Crippen molar-refractivity contribution in [2.75, 3.05) is 24.5 Å². The molecule has 1 aliphatic heterocycles. The topological polar surface area (TPSA) is 61.4 Å². The summed E-state index contributed by atoms with van der Waals surface area (Å²) >= 11 is 3.48. The third kappa shape index (κ3) is 5.81. The van der Waals surface area contributed by atoms with Crippen molar-refractivity contribution < 1.29 is 18.4 Å². The first-order chi connectivity index (χ1) is 14.8. The number of anilines is 1. The Morgan fingerprint density at radius 1 is 1.16 bits per heavy atom. The first kappa shape index (κ1) is 23.2. The van der Waals surface area contributed by atoms with Crippen LogP contribution in [-0.4, -0.2) is 37.5 Å². The molecule has 3 rings (SSSR count). The van der Waals surface area contributed by atoms with Crippen molar-refractivity contribution >= 4 is 33.4 Å². The summed E-state index contributed by atoms with van der Waals surface area (Å²) in [5.74, 6) is -3.19. The second-order valence-electron chi connectivity index (χ2n) is 8.12. The molecule has 0 radical (unpaired) electrons. The van der Waals surface area contributed by atoms with Gasteiger partial charge in [-0.15, -0.1) is 0 Å².